The molecule has 0 saturated carbocycles. The van der Waals surface area contributed by atoms with Crippen molar-refractivity contribution in [3.8, 4) is 0 Å². The first kappa shape index (κ1) is 19.6. The number of hydrogen-bond donors (Lipinski definition) is 2. The number of amides is 2. The Balaban J connectivity index is 2.07. The average molecular weight is 399 g/mol. The quantitative estimate of drug-likeness (QED) is 0.460. The number of ketones is 1. The predicted octanol–water partition coefficient (Wildman–Crippen LogP) is 2.90. The zero-order valence-electron chi connectivity index (χ0n) is 15.2. The normalized spacial score (nSPS) is 18.4. The van der Waals surface area contributed by atoms with Crippen molar-refractivity contribution in [2.24, 2.45) is 0 Å². The van der Waals surface area contributed by atoms with Gasteiger partial charge in [-0.3, -0.25) is 14.4 Å². The van der Waals surface area contributed by atoms with E-state index in [2.05, 4.69) is 5.32 Å². The first-order chi connectivity index (χ1) is 13.4. The van der Waals surface area contributed by atoms with Crippen molar-refractivity contribution in [2.75, 3.05) is 13.1 Å². The molecule has 1 atom stereocenters. The molecule has 0 aromatic heterocycles. The highest BCUT2D eigenvalue weighted by atomic mass is 35.5. The van der Waals surface area contributed by atoms with Crippen molar-refractivity contribution < 1.29 is 19.5 Å². The van der Waals surface area contributed by atoms with Crippen LogP contribution in [0.5, 0.6) is 0 Å². The summed E-state index contributed by atoms with van der Waals surface area (Å²) >= 11 is 5.90. The summed E-state index contributed by atoms with van der Waals surface area (Å²) in [7, 11) is 0. The van der Waals surface area contributed by atoms with E-state index < -0.39 is 17.7 Å². The number of rotatable bonds is 5. The van der Waals surface area contributed by atoms with Crippen LogP contribution >= 0.6 is 11.6 Å². The number of hydrogen-bond acceptors (Lipinski definition) is 4. The van der Waals surface area contributed by atoms with E-state index in [9.17, 15) is 19.5 Å². The highest BCUT2D eigenvalue weighted by Gasteiger charge is 2.45. The third kappa shape index (κ3) is 3.92. The van der Waals surface area contributed by atoms with Crippen molar-refractivity contribution >= 4 is 35.0 Å². The number of aliphatic hydroxyl groups is 1. The van der Waals surface area contributed by atoms with Crippen LogP contribution in [-0.4, -0.2) is 40.7 Å². The van der Waals surface area contributed by atoms with Gasteiger partial charge in [-0.15, -0.1) is 0 Å². The fourth-order valence-corrected chi connectivity index (χ4v) is 3.33. The van der Waals surface area contributed by atoms with Crippen LogP contribution in [0.3, 0.4) is 0 Å². The van der Waals surface area contributed by atoms with E-state index in [1.807, 2.05) is 6.07 Å². The molecule has 0 bridgehead atoms. The van der Waals surface area contributed by atoms with Gasteiger partial charge >= 0.3 is 0 Å². The zero-order chi connectivity index (χ0) is 20.3. The zero-order valence-corrected chi connectivity index (χ0v) is 15.9. The van der Waals surface area contributed by atoms with Crippen LogP contribution in [0.4, 0.5) is 0 Å². The number of aliphatic hydroxyl groups excluding tert-OH is 1. The first-order valence-corrected chi connectivity index (χ1v) is 9.11. The number of halogens is 1. The molecule has 1 aliphatic heterocycles. The Labute approximate surface area is 167 Å². The Morgan fingerprint density at radius 2 is 1.75 bits per heavy atom. The molecule has 1 heterocycles. The average Bonchev–Trinajstić information content (AvgIpc) is 2.93. The Morgan fingerprint density at radius 1 is 1.11 bits per heavy atom. The predicted molar refractivity (Wildman–Crippen MR) is 106 cm³/mol. The molecular weight excluding hydrogens is 380 g/mol. The monoisotopic (exact) mass is 398 g/mol. The summed E-state index contributed by atoms with van der Waals surface area (Å²) in [6.45, 7) is 1.72. The van der Waals surface area contributed by atoms with Crippen LogP contribution in [0, 0.1) is 0 Å². The summed E-state index contributed by atoms with van der Waals surface area (Å²) in [5.41, 5.74) is 1.10. The molecule has 0 aliphatic carbocycles. The molecule has 0 radical (unpaired) electrons. The summed E-state index contributed by atoms with van der Waals surface area (Å²) in [5.74, 6) is -1.96. The third-order valence-corrected chi connectivity index (χ3v) is 4.75. The van der Waals surface area contributed by atoms with Gasteiger partial charge < -0.3 is 15.3 Å². The van der Waals surface area contributed by atoms with Gasteiger partial charge in [-0.05, 0) is 29.8 Å². The number of benzene rings is 2. The minimum Gasteiger partial charge on any atom is -0.507 e. The fourth-order valence-electron chi connectivity index (χ4n) is 3.21. The van der Waals surface area contributed by atoms with Gasteiger partial charge in [0.1, 0.15) is 5.76 Å². The van der Waals surface area contributed by atoms with Crippen LogP contribution in [0.25, 0.3) is 5.76 Å². The van der Waals surface area contributed by atoms with Crippen LogP contribution in [0.1, 0.15) is 24.1 Å². The van der Waals surface area contributed by atoms with Crippen molar-refractivity contribution in [1.82, 2.24) is 10.2 Å². The van der Waals surface area contributed by atoms with Gasteiger partial charge in [0, 0.05) is 30.6 Å². The lowest BCUT2D eigenvalue weighted by molar-refractivity contribution is -0.139. The third-order valence-electron chi connectivity index (χ3n) is 4.50. The number of Topliss-reactive ketones (excluding diaryl/α,β-unsaturated/α-hetero) is 1. The lowest BCUT2D eigenvalue weighted by atomic mass is 9.95. The lowest BCUT2D eigenvalue weighted by Gasteiger charge is -2.25. The van der Waals surface area contributed by atoms with E-state index in [4.69, 9.17) is 11.6 Å². The lowest BCUT2D eigenvalue weighted by Crippen LogP contribution is -2.37. The second-order valence-electron chi connectivity index (χ2n) is 6.39. The number of carbonyl (C=O) groups excluding carboxylic acids is 3. The molecule has 0 unspecified atom stereocenters. The van der Waals surface area contributed by atoms with E-state index in [0.717, 1.165) is 0 Å². The van der Waals surface area contributed by atoms with Gasteiger partial charge in [0.05, 0.1) is 11.6 Å². The Morgan fingerprint density at radius 3 is 2.36 bits per heavy atom. The number of carbonyl (C=O) groups is 3. The Bertz CT molecular complexity index is 939. The van der Waals surface area contributed by atoms with E-state index >= 15 is 0 Å². The first-order valence-electron chi connectivity index (χ1n) is 8.74. The van der Waals surface area contributed by atoms with Crippen molar-refractivity contribution in [3.63, 3.8) is 0 Å². The molecule has 0 spiro atoms. The van der Waals surface area contributed by atoms with E-state index in [0.29, 0.717) is 16.1 Å². The second kappa shape index (κ2) is 8.27. The number of nitrogens with zero attached hydrogens (tertiary/aromatic N) is 1. The fraction of sp³-hybridized carbons (Fsp3) is 0.190. The molecule has 1 fully saturated rings. The van der Waals surface area contributed by atoms with E-state index in [-0.39, 0.29) is 30.3 Å². The largest absolute Gasteiger partial charge is 0.507 e. The molecule has 1 saturated heterocycles. The number of likely N-dealkylation sites (tertiary alicyclic amines) is 1. The Kier molecular flexibility index (Phi) is 5.80. The SMILES string of the molecule is CC(=O)NCCN1C(=O)C(=O)/C(=C(/O)c2ccc(Cl)cc2)[C@@H]1c1ccccc1. The summed E-state index contributed by atoms with van der Waals surface area (Å²) < 4.78 is 0. The van der Waals surface area contributed by atoms with E-state index in [1.54, 1.807) is 48.5 Å². The van der Waals surface area contributed by atoms with Gasteiger partial charge in [0.2, 0.25) is 5.91 Å². The molecular formula is C21H19ClN2O4. The van der Waals surface area contributed by atoms with Crippen molar-refractivity contribution in [2.45, 2.75) is 13.0 Å². The second-order valence-corrected chi connectivity index (χ2v) is 6.83. The number of nitrogens with one attached hydrogen (secondary N) is 1. The molecule has 2 aromatic carbocycles. The van der Waals surface area contributed by atoms with Gasteiger partial charge in [-0.1, -0.05) is 41.9 Å². The van der Waals surface area contributed by atoms with Crippen molar-refractivity contribution in [1.29, 1.82) is 0 Å². The molecule has 2 aromatic rings. The molecule has 7 heteroatoms. The molecule has 1 aliphatic rings. The minimum atomic E-state index is -0.760. The summed E-state index contributed by atoms with van der Waals surface area (Å²) in [4.78, 5) is 37.9. The van der Waals surface area contributed by atoms with Gasteiger partial charge in [-0.2, -0.15) is 0 Å². The Hall–Kier alpha value is -3.12. The van der Waals surface area contributed by atoms with Crippen LogP contribution < -0.4 is 5.32 Å². The maximum Gasteiger partial charge on any atom is 0.295 e. The molecule has 2 N–H and O–H groups in total. The van der Waals surface area contributed by atoms with Crippen LogP contribution in [0.2, 0.25) is 5.02 Å². The highest BCUT2D eigenvalue weighted by Crippen LogP contribution is 2.39. The van der Waals surface area contributed by atoms with E-state index in [1.165, 1.54) is 11.8 Å². The topological polar surface area (TPSA) is 86.7 Å². The van der Waals surface area contributed by atoms with Gasteiger partial charge in [0.25, 0.3) is 11.7 Å². The van der Waals surface area contributed by atoms with Gasteiger partial charge in [-0.25, -0.2) is 0 Å². The molecule has 2 amide bonds. The summed E-state index contributed by atoms with van der Waals surface area (Å²) in [6.07, 6.45) is 0. The maximum atomic E-state index is 12.8. The molecule has 3 rings (SSSR count). The molecule has 6 nitrogen and oxygen atoms in total. The van der Waals surface area contributed by atoms with Gasteiger partial charge in [0.15, 0.2) is 0 Å². The maximum absolute atomic E-state index is 12.8. The summed E-state index contributed by atoms with van der Waals surface area (Å²) in [6, 6.07) is 14.6. The van der Waals surface area contributed by atoms with Crippen LogP contribution in [0.15, 0.2) is 60.2 Å². The molecule has 28 heavy (non-hydrogen) atoms. The smallest absolute Gasteiger partial charge is 0.295 e. The molecule has 144 valence electrons. The summed E-state index contributed by atoms with van der Waals surface area (Å²) in [5, 5.41) is 13.9. The standard InChI is InChI=1S/C21H19ClN2O4/c1-13(25)23-11-12-24-18(14-5-3-2-4-6-14)17(20(27)21(24)28)19(26)15-7-9-16(22)10-8-15/h2-10,18,26H,11-12H2,1H3,(H,23,25)/b19-17+/t18-/m0/s1. The minimum absolute atomic E-state index is 0.0151. The highest BCUT2D eigenvalue weighted by molar-refractivity contribution is 6.46. The van der Waals surface area contributed by atoms with Crippen molar-refractivity contribution in [3.05, 3.63) is 76.3 Å². The van der Waals surface area contributed by atoms with Crippen LogP contribution in [-0.2, 0) is 14.4 Å².